The van der Waals surface area contributed by atoms with Gasteiger partial charge in [0.05, 0.1) is 18.4 Å². The van der Waals surface area contributed by atoms with Gasteiger partial charge in [0.1, 0.15) is 0 Å². The van der Waals surface area contributed by atoms with Crippen LogP contribution in [0.4, 0.5) is 5.95 Å². The SMILES string of the molecule is Cc1nc(N2CCC3(CC2)CO[C@@H](C)[C@H]3N)nnc1Cl. The fourth-order valence-corrected chi connectivity index (χ4v) is 3.22. The number of aryl methyl sites for hydroxylation is 1. The largest absolute Gasteiger partial charge is 0.376 e. The molecule has 0 saturated carbocycles. The van der Waals surface area contributed by atoms with Gasteiger partial charge in [-0.3, -0.25) is 0 Å². The molecule has 0 amide bonds. The van der Waals surface area contributed by atoms with Crippen molar-refractivity contribution in [3.63, 3.8) is 0 Å². The Bertz CT molecular complexity index is 504. The zero-order valence-corrected chi connectivity index (χ0v) is 12.6. The van der Waals surface area contributed by atoms with Gasteiger partial charge in [0.25, 0.3) is 0 Å². The predicted molar refractivity (Wildman–Crippen MR) is 76.8 cm³/mol. The fourth-order valence-electron chi connectivity index (χ4n) is 3.14. The van der Waals surface area contributed by atoms with E-state index in [-0.39, 0.29) is 17.6 Å². The molecule has 7 heteroatoms. The van der Waals surface area contributed by atoms with Crippen LogP contribution in [0.15, 0.2) is 0 Å². The summed E-state index contributed by atoms with van der Waals surface area (Å²) in [5, 5.41) is 8.38. The van der Waals surface area contributed by atoms with Crippen molar-refractivity contribution in [2.75, 3.05) is 24.6 Å². The molecule has 0 aromatic carbocycles. The molecule has 0 aliphatic carbocycles. The van der Waals surface area contributed by atoms with Gasteiger partial charge in [0.2, 0.25) is 5.95 Å². The van der Waals surface area contributed by atoms with Crippen molar-refractivity contribution in [3.8, 4) is 0 Å². The Kier molecular flexibility index (Phi) is 3.56. The first-order chi connectivity index (χ1) is 9.52. The van der Waals surface area contributed by atoms with Crippen LogP contribution in [0, 0.1) is 12.3 Å². The summed E-state index contributed by atoms with van der Waals surface area (Å²) in [6.45, 7) is 6.43. The van der Waals surface area contributed by atoms with Gasteiger partial charge >= 0.3 is 0 Å². The van der Waals surface area contributed by atoms with Crippen molar-refractivity contribution >= 4 is 17.5 Å². The summed E-state index contributed by atoms with van der Waals surface area (Å²) in [6, 6.07) is 0.121. The predicted octanol–water partition coefficient (Wildman–Crippen LogP) is 1.17. The van der Waals surface area contributed by atoms with Gasteiger partial charge in [-0.05, 0) is 26.7 Å². The van der Waals surface area contributed by atoms with Crippen LogP contribution in [-0.2, 0) is 4.74 Å². The van der Waals surface area contributed by atoms with Gasteiger partial charge < -0.3 is 15.4 Å². The molecular formula is C13H20ClN5O. The van der Waals surface area contributed by atoms with Gasteiger partial charge in [-0.1, -0.05) is 11.6 Å². The molecule has 2 aliphatic heterocycles. The molecule has 0 unspecified atom stereocenters. The number of aromatic nitrogens is 3. The number of hydrogen-bond acceptors (Lipinski definition) is 6. The van der Waals surface area contributed by atoms with E-state index < -0.39 is 0 Å². The number of anilines is 1. The van der Waals surface area contributed by atoms with Crippen LogP contribution >= 0.6 is 11.6 Å². The third-order valence-corrected chi connectivity index (χ3v) is 5.03. The lowest BCUT2D eigenvalue weighted by atomic mass is 9.73. The van der Waals surface area contributed by atoms with Gasteiger partial charge in [-0.25, -0.2) is 4.98 Å². The van der Waals surface area contributed by atoms with E-state index in [1.165, 1.54) is 0 Å². The minimum absolute atomic E-state index is 0.116. The summed E-state index contributed by atoms with van der Waals surface area (Å²) in [5.74, 6) is 0.655. The van der Waals surface area contributed by atoms with E-state index in [2.05, 4.69) is 27.0 Å². The van der Waals surface area contributed by atoms with Crippen molar-refractivity contribution in [2.45, 2.75) is 38.8 Å². The summed E-state index contributed by atoms with van der Waals surface area (Å²) in [5.41, 5.74) is 7.14. The van der Waals surface area contributed by atoms with E-state index >= 15 is 0 Å². The van der Waals surface area contributed by atoms with Crippen LogP contribution in [0.5, 0.6) is 0 Å². The maximum atomic E-state index is 6.31. The van der Waals surface area contributed by atoms with Crippen LogP contribution in [0.3, 0.4) is 0 Å². The zero-order valence-electron chi connectivity index (χ0n) is 11.8. The lowest BCUT2D eigenvalue weighted by molar-refractivity contribution is 0.0973. The third-order valence-electron chi connectivity index (χ3n) is 4.68. The summed E-state index contributed by atoms with van der Waals surface area (Å²) in [6.07, 6.45) is 2.16. The first-order valence-electron chi connectivity index (χ1n) is 7.01. The number of rotatable bonds is 1. The second kappa shape index (κ2) is 5.09. The molecule has 2 atom stereocenters. The molecule has 0 radical (unpaired) electrons. The molecule has 2 saturated heterocycles. The Balaban J connectivity index is 1.71. The second-order valence-electron chi connectivity index (χ2n) is 5.88. The summed E-state index contributed by atoms with van der Waals surface area (Å²) in [7, 11) is 0. The van der Waals surface area contributed by atoms with Crippen molar-refractivity contribution in [3.05, 3.63) is 10.8 Å². The van der Waals surface area contributed by atoms with Gasteiger partial charge in [-0.15, -0.1) is 10.2 Å². The first-order valence-corrected chi connectivity index (χ1v) is 7.39. The molecule has 1 spiro atoms. The van der Waals surface area contributed by atoms with Crippen LogP contribution < -0.4 is 10.6 Å². The second-order valence-corrected chi connectivity index (χ2v) is 6.24. The van der Waals surface area contributed by atoms with Crippen LogP contribution in [-0.4, -0.2) is 47.0 Å². The molecule has 3 heterocycles. The third kappa shape index (κ3) is 2.25. The first kappa shape index (κ1) is 14.0. The molecule has 2 N–H and O–H groups in total. The molecule has 6 nitrogen and oxygen atoms in total. The van der Waals surface area contributed by atoms with E-state index in [0.717, 1.165) is 32.5 Å². The smallest absolute Gasteiger partial charge is 0.245 e. The van der Waals surface area contributed by atoms with E-state index in [1.54, 1.807) is 0 Å². The molecule has 1 aromatic rings. The standard InChI is InChI=1S/C13H20ClN5O/c1-8-11(14)17-18-12(16-8)19-5-3-13(4-6-19)7-20-9(2)10(13)15/h9-10H,3-7,15H2,1-2H3/t9-,10+/m0/s1. The number of ether oxygens (including phenoxy) is 1. The average molecular weight is 298 g/mol. The van der Waals surface area contributed by atoms with Crippen LogP contribution in [0.2, 0.25) is 5.15 Å². The highest BCUT2D eigenvalue weighted by molar-refractivity contribution is 6.29. The number of halogens is 1. The van der Waals surface area contributed by atoms with Crippen molar-refractivity contribution in [2.24, 2.45) is 11.1 Å². The maximum Gasteiger partial charge on any atom is 0.245 e. The summed E-state index contributed by atoms with van der Waals surface area (Å²) in [4.78, 5) is 6.55. The molecule has 3 rings (SSSR count). The Hall–Kier alpha value is -0.980. The Morgan fingerprint density at radius 1 is 1.35 bits per heavy atom. The average Bonchev–Trinajstić information content (AvgIpc) is 2.72. The highest BCUT2D eigenvalue weighted by Crippen LogP contribution is 2.41. The zero-order chi connectivity index (χ0) is 14.3. The highest BCUT2D eigenvalue weighted by Gasteiger charge is 2.47. The molecular weight excluding hydrogens is 278 g/mol. The maximum absolute atomic E-state index is 6.31. The van der Waals surface area contributed by atoms with Crippen LogP contribution in [0.25, 0.3) is 0 Å². The lowest BCUT2D eigenvalue weighted by Crippen LogP contribution is -2.51. The number of piperidine rings is 1. The molecule has 0 bridgehead atoms. The minimum Gasteiger partial charge on any atom is -0.376 e. The summed E-state index contributed by atoms with van der Waals surface area (Å²) < 4.78 is 5.73. The normalized spacial score (nSPS) is 29.1. The Morgan fingerprint density at radius 3 is 2.60 bits per heavy atom. The molecule has 20 heavy (non-hydrogen) atoms. The monoisotopic (exact) mass is 297 g/mol. The molecule has 110 valence electrons. The quantitative estimate of drug-likeness (QED) is 0.838. The fraction of sp³-hybridized carbons (Fsp3) is 0.769. The number of hydrogen-bond donors (Lipinski definition) is 1. The van der Waals surface area contributed by atoms with Crippen molar-refractivity contribution in [1.82, 2.24) is 15.2 Å². The van der Waals surface area contributed by atoms with Crippen molar-refractivity contribution < 1.29 is 4.74 Å². The van der Waals surface area contributed by atoms with Gasteiger partial charge in [0, 0.05) is 24.5 Å². The molecule has 2 fully saturated rings. The number of nitrogens with two attached hydrogens (primary N) is 1. The lowest BCUT2D eigenvalue weighted by Gasteiger charge is -2.41. The summed E-state index contributed by atoms with van der Waals surface area (Å²) >= 11 is 5.87. The van der Waals surface area contributed by atoms with E-state index in [0.29, 0.717) is 16.8 Å². The molecule has 1 aromatic heterocycles. The van der Waals surface area contributed by atoms with E-state index in [4.69, 9.17) is 22.1 Å². The number of nitrogens with zero attached hydrogens (tertiary/aromatic N) is 4. The minimum atomic E-state index is 0.116. The van der Waals surface area contributed by atoms with Gasteiger partial charge in [0.15, 0.2) is 5.15 Å². The van der Waals surface area contributed by atoms with E-state index in [1.807, 2.05) is 6.92 Å². The molecule has 2 aliphatic rings. The van der Waals surface area contributed by atoms with Gasteiger partial charge in [-0.2, -0.15) is 0 Å². The van der Waals surface area contributed by atoms with E-state index in [9.17, 15) is 0 Å². The topological polar surface area (TPSA) is 77.2 Å². The highest BCUT2D eigenvalue weighted by atomic mass is 35.5. The Morgan fingerprint density at radius 2 is 2.05 bits per heavy atom. The Labute approximate surface area is 123 Å². The van der Waals surface area contributed by atoms with Crippen molar-refractivity contribution in [1.29, 1.82) is 0 Å². The van der Waals surface area contributed by atoms with Crippen LogP contribution in [0.1, 0.15) is 25.5 Å².